The summed E-state index contributed by atoms with van der Waals surface area (Å²) in [5, 5.41) is 10.6. The fourth-order valence-electron chi connectivity index (χ4n) is 2.51. The molecule has 0 heterocycles. The Bertz CT molecular complexity index is 669. The molecule has 0 saturated heterocycles. The number of hydrogen-bond acceptors (Lipinski definition) is 3. The van der Waals surface area contributed by atoms with Gasteiger partial charge >= 0.3 is 67.1 Å². The van der Waals surface area contributed by atoms with Crippen LogP contribution < -0.4 is 0 Å². The molecule has 1 rings (SSSR count). The van der Waals surface area contributed by atoms with E-state index in [-0.39, 0.29) is 10.8 Å². The minimum absolute atomic E-state index is 0.0200. The molecule has 0 aromatic heterocycles. The Morgan fingerprint density at radius 2 is 1.19 bits per heavy atom. The van der Waals surface area contributed by atoms with E-state index in [9.17, 15) is 14.2 Å². The number of hydrogen-bond donors (Lipinski definition) is 5. The van der Waals surface area contributed by atoms with Gasteiger partial charge in [0.1, 0.15) is 5.75 Å². The first-order valence-corrected chi connectivity index (χ1v) is 18.3. The normalized spacial score (nSPS) is 12.9. The summed E-state index contributed by atoms with van der Waals surface area (Å²) in [5.41, 5.74) is 3.43. The molecule has 0 spiro atoms. The van der Waals surface area contributed by atoms with Crippen LogP contribution in [0.4, 0.5) is 0 Å². The van der Waals surface area contributed by atoms with Crippen molar-refractivity contribution in [1.29, 1.82) is 0 Å². The van der Waals surface area contributed by atoms with Gasteiger partial charge in [-0.2, -0.15) is 0 Å². The topological polar surface area (TPSA) is 135 Å². The van der Waals surface area contributed by atoms with Crippen molar-refractivity contribution in [2.45, 2.75) is 72.1 Å². The summed E-state index contributed by atoms with van der Waals surface area (Å²) in [4.78, 5) is 32.2. The predicted octanol–water partition coefficient (Wildman–Crippen LogP) is 3.82. The molecule has 5 N–H and O–H groups in total. The Kier molecular flexibility index (Phi) is 10.3. The van der Waals surface area contributed by atoms with Crippen LogP contribution in [0.5, 0.6) is 5.75 Å². The molecule has 0 bridgehead atoms. The van der Waals surface area contributed by atoms with Crippen LogP contribution >= 0.6 is 6.02 Å². The first kappa shape index (κ1) is 27.6. The second-order valence-corrected chi connectivity index (χ2v) is 24.2. The van der Waals surface area contributed by atoms with Crippen LogP contribution in [-0.2, 0) is 26.4 Å². The van der Waals surface area contributed by atoms with Gasteiger partial charge in [0, 0.05) is 0 Å². The SMILES string of the molecule is CCCc1cc(C(C)(C)C)c(O)c(C(C)(C)C)c1.O=[P](O)(O)[Ca][P](=O)(O)O. The summed E-state index contributed by atoms with van der Waals surface area (Å²) in [7, 11) is 0. The number of phenolic OH excluding ortho intramolecular Hbond substituents is 1. The van der Waals surface area contributed by atoms with Gasteiger partial charge in [-0.15, -0.1) is 0 Å². The Morgan fingerprint density at radius 1 is 0.852 bits per heavy atom. The minimum atomic E-state index is -4.36. The van der Waals surface area contributed by atoms with Crippen molar-refractivity contribution in [2.75, 3.05) is 0 Å². The monoisotopic (exact) mass is 450 g/mol. The molecule has 1 aromatic rings. The van der Waals surface area contributed by atoms with Crippen LogP contribution in [0.2, 0.25) is 0 Å². The first-order chi connectivity index (χ1) is 11.8. The molecule has 0 aliphatic heterocycles. The number of benzene rings is 1. The van der Waals surface area contributed by atoms with Crippen molar-refractivity contribution >= 4 is 38.4 Å². The molecule has 0 atom stereocenters. The number of aryl methyl sites for hydroxylation is 1. The van der Waals surface area contributed by atoms with Gasteiger partial charge in [0.15, 0.2) is 0 Å². The summed E-state index contributed by atoms with van der Waals surface area (Å²) in [6, 6.07) is 4.35. The third-order valence-corrected chi connectivity index (χ3v) is 17.0. The fourth-order valence-corrected chi connectivity index (χ4v) is 11.2. The van der Waals surface area contributed by atoms with E-state index in [1.165, 1.54) is 5.56 Å². The Hall–Kier alpha value is 0.580. The maximum atomic E-state index is 10.6. The Balaban J connectivity index is 0.000000636. The molecule has 0 aliphatic carbocycles. The van der Waals surface area contributed by atoms with E-state index in [1.807, 2.05) is 0 Å². The van der Waals surface area contributed by atoms with E-state index in [2.05, 4.69) is 60.6 Å². The van der Waals surface area contributed by atoms with Crippen LogP contribution in [0.1, 0.15) is 71.6 Å². The van der Waals surface area contributed by atoms with Crippen LogP contribution in [0.25, 0.3) is 0 Å². The molecule has 0 saturated carbocycles. The van der Waals surface area contributed by atoms with E-state index >= 15 is 0 Å². The van der Waals surface area contributed by atoms with Gasteiger partial charge in [-0.1, -0.05) is 67.0 Å². The van der Waals surface area contributed by atoms with Crippen molar-refractivity contribution in [1.82, 2.24) is 0 Å². The molecule has 7 nitrogen and oxygen atoms in total. The summed E-state index contributed by atoms with van der Waals surface area (Å²) in [5.74, 6) is 0.481. The first-order valence-electron chi connectivity index (χ1n) is 8.74. The molecule has 0 amide bonds. The molecular weight excluding hydrogens is 418 g/mol. The van der Waals surface area contributed by atoms with Crippen molar-refractivity contribution in [3.63, 3.8) is 0 Å². The van der Waals surface area contributed by atoms with E-state index in [0.717, 1.165) is 24.0 Å². The number of aromatic hydroxyl groups is 1. The van der Waals surface area contributed by atoms with Gasteiger partial charge in [-0.05, 0) is 33.9 Å². The molecule has 0 aliphatic rings. The van der Waals surface area contributed by atoms with Crippen molar-refractivity contribution in [3.05, 3.63) is 28.8 Å². The second-order valence-electron chi connectivity index (χ2n) is 8.76. The number of phenols is 1. The Morgan fingerprint density at radius 3 is 1.37 bits per heavy atom. The van der Waals surface area contributed by atoms with Gasteiger partial charge in [-0.3, -0.25) is 0 Å². The van der Waals surface area contributed by atoms with Gasteiger partial charge in [-0.25, -0.2) is 0 Å². The van der Waals surface area contributed by atoms with Crippen LogP contribution in [0.15, 0.2) is 12.1 Å². The molecule has 154 valence electrons. The van der Waals surface area contributed by atoms with E-state index in [0.29, 0.717) is 5.75 Å². The average molecular weight is 450 g/mol. The summed E-state index contributed by atoms with van der Waals surface area (Å²) in [6.45, 7) is 15.1. The summed E-state index contributed by atoms with van der Waals surface area (Å²) < 4.78 is 11.1. The van der Waals surface area contributed by atoms with E-state index in [4.69, 9.17) is 19.6 Å². The molecule has 10 heteroatoms. The zero-order valence-electron chi connectivity index (χ0n) is 17.2. The van der Waals surface area contributed by atoms with Crippen LogP contribution in [-0.4, -0.2) is 57.1 Å². The molecule has 0 unspecified atom stereocenters. The van der Waals surface area contributed by atoms with Gasteiger partial charge < -0.3 is 5.11 Å². The maximum absolute atomic E-state index is 10.6. The second kappa shape index (κ2) is 10.1. The zero-order valence-corrected chi connectivity index (χ0v) is 21.2. The average Bonchev–Trinajstić information content (AvgIpc) is 2.34. The summed E-state index contributed by atoms with van der Waals surface area (Å²) in [6.07, 6.45) is 2.21. The fraction of sp³-hybridized carbons (Fsp3) is 0.647. The van der Waals surface area contributed by atoms with Gasteiger partial charge in [0.05, 0.1) is 0 Å². The summed E-state index contributed by atoms with van der Waals surface area (Å²) >= 11 is -3.00. The van der Waals surface area contributed by atoms with Crippen molar-refractivity contribution in [3.8, 4) is 5.75 Å². The van der Waals surface area contributed by atoms with Crippen molar-refractivity contribution < 1.29 is 33.8 Å². The third-order valence-electron chi connectivity index (χ3n) is 3.69. The molecular formula is C17H32CaO7P2. The predicted molar refractivity (Wildman–Crippen MR) is 109 cm³/mol. The van der Waals surface area contributed by atoms with E-state index < -0.39 is 38.4 Å². The standard InChI is InChI=1S/C17H28O.Ca.2HO3P/c1-8-9-12-10-13(16(2,3)4)15(18)14(11-12)17(5,6)7;;2*1-4(2)3/h10-11,18H,8-9H2,1-7H3;;2*(H-,1,2,3)/q;-2;;/p+2. The quantitative estimate of drug-likeness (QED) is 0.348. The molecule has 0 radical (unpaired) electrons. The van der Waals surface area contributed by atoms with Gasteiger partial charge in [0.25, 0.3) is 0 Å². The van der Waals surface area contributed by atoms with E-state index in [1.54, 1.807) is 0 Å². The van der Waals surface area contributed by atoms with Crippen LogP contribution in [0, 0.1) is 0 Å². The molecule has 0 fully saturated rings. The number of rotatable bonds is 4. The van der Waals surface area contributed by atoms with Gasteiger partial charge in [0.2, 0.25) is 0 Å². The zero-order chi connectivity index (χ0) is 21.8. The molecule has 27 heavy (non-hydrogen) atoms. The molecule has 1 aromatic carbocycles. The Labute approximate surface area is 177 Å². The van der Waals surface area contributed by atoms with Crippen LogP contribution in [0.3, 0.4) is 0 Å². The third kappa shape index (κ3) is 11.4. The van der Waals surface area contributed by atoms with Crippen molar-refractivity contribution in [2.24, 2.45) is 0 Å².